The SMILES string of the molecule is Cc1ccc(CC(O)c2cccc(Cl)c2)cc1C. The standard InChI is InChI=1S/C16H17ClO/c1-11-6-7-13(8-12(11)2)9-16(18)14-4-3-5-15(17)10-14/h3-8,10,16,18H,9H2,1-2H3. The highest BCUT2D eigenvalue weighted by molar-refractivity contribution is 6.30. The van der Waals surface area contributed by atoms with E-state index in [1.54, 1.807) is 0 Å². The molecule has 18 heavy (non-hydrogen) atoms. The quantitative estimate of drug-likeness (QED) is 0.876. The molecule has 94 valence electrons. The molecule has 0 aliphatic rings. The summed E-state index contributed by atoms with van der Waals surface area (Å²) in [6.45, 7) is 4.18. The summed E-state index contributed by atoms with van der Waals surface area (Å²) in [5.41, 5.74) is 4.54. The van der Waals surface area contributed by atoms with Crippen molar-refractivity contribution in [1.82, 2.24) is 0 Å². The molecular weight excluding hydrogens is 244 g/mol. The Kier molecular flexibility index (Phi) is 4.05. The Hall–Kier alpha value is -1.31. The Morgan fingerprint density at radius 2 is 1.83 bits per heavy atom. The number of hydrogen-bond donors (Lipinski definition) is 1. The second-order valence-corrected chi connectivity index (χ2v) is 5.13. The van der Waals surface area contributed by atoms with Gasteiger partial charge in [0, 0.05) is 11.4 Å². The third-order valence-corrected chi connectivity index (χ3v) is 3.47. The minimum atomic E-state index is -0.509. The van der Waals surface area contributed by atoms with Crippen LogP contribution in [-0.2, 0) is 6.42 Å². The minimum Gasteiger partial charge on any atom is -0.388 e. The van der Waals surface area contributed by atoms with Crippen LogP contribution in [0, 0.1) is 13.8 Å². The van der Waals surface area contributed by atoms with Gasteiger partial charge in [0.2, 0.25) is 0 Å². The van der Waals surface area contributed by atoms with Crippen LogP contribution in [-0.4, -0.2) is 5.11 Å². The van der Waals surface area contributed by atoms with E-state index in [-0.39, 0.29) is 0 Å². The molecule has 0 fully saturated rings. The van der Waals surface area contributed by atoms with E-state index < -0.39 is 6.10 Å². The zero-order valence-corrected chi connectivity index (χ0v) is 11.4. The first-order valence-electron chi connectivity index (χ1n) is 6.06. The molecule has 0 bridgehead atoms. The molecule has 0 saturated heterocycles. The van der Waals surface area contributed by atoms with E-state index in [0.717, 1.165) is 11.1 Å². The van der Waals surface area contributed by atoms with Crippen molar-refractivity contribution in [1.29, 1.82) is 0 Å². The number of aliphatic hydroxyl groups is 1. The van der Waals surface area contributed by atoms with Crippen LogP contribution in [0.5, 0.6) is 0 Å². The van der Waals surface area contributed by atoms with Crippen LogP contribution in [0.3, 0.4) is 0 Å². The molecule has 1 nitrogen and oxygen atoms in total. The third kappa shape index (κ3) is 3.12. The number of rotatable bonds is 3. The number of hydrogen-bond acceptors (Lipinski definition) is 1. The van der Waals surface area contributed by atoms with Gasteiger partial charge in [-0.1, -0.05) is 41.9 Å². The van der Waals surface area contributed by atoms with Crippen molar-refractivity contribution in [3.05, 3.63) is 69.7 Å². The molecule has 0 aliphatic heterocycles. The maximum Gasteiger partial charge on any atom is 0.0830 e. The molecule has 0 heterocycles. The van der Waals surface area contributed by atoms with E-state index in [4.69, 9.17) is 11.6 Å². The predicted molar refractivity (Wildman–Crippen MR) is 76.0 cm³/mol. The lowest BCUT2D eigenvalue weighted by Crippen LogP contribution is -2.02. The third-order valence-electron chi connectivity index (χ3n) is 3.23. The average molecular weight is 261 g/mol. The Labute approximate surface area is 113 Å². The summed E-state index contributed by atoms with van der Waals surface area (Å²) >= 11 is 5.93. The average Bonchev–Trinajstić information content (AvgIpc) is 2.34. The van der Waals surface area contributed by atoms with Crippen molar-refractivity contribution in [3.8, 4) is 0 Å². The second-order valence-electron chi connectivity index (χ2n) is 4.69. The van der Waals surface area contributed by atoms with Gasteiger partial charge in [-0.3, -0.25) is 0 Å². The predicted octanol–water partition coefficient (Wildman–Crippen LogP) is 4.23. The van der Waals surface area contributed by atoms with Crippen molar-refractivity contribution < 1.29 is 5.11 Å². The zero-order valence-electron chi connectivity index (χ0n) is 10.7. The molecule has 0 aliphatic carbocycles. The van der Waals surface area contributed by atoms with Gasteiger partial charge in [0.1, 0.15) is 0 Å². The molecule has 0 radical (unpaired) electrons. The first-order valence-corrected chi connectivity index (χ1v) is 6.44. The van der Waals surface area contributed by atoms with Gasteiger partial charge in [-0.15, -0.1) is 0 Å². The lowest BCUT2D eigenvalue weighted by atomic mass is 9.98. The van der Waals surface area contributed by atoms with Crippen molar-refractivity contribution in [2.45, 2.75) is 26.4 Å². The largest absolute Gasteiger partial charge is 0.388 e. The van der Waals surface area contributed by atoms with Crippen molar-refractivity contribution in [2.24, 2.45) is 0 Å². The summed E-state index contributed by atoms with van der Waals surface area (Å²) in [7, 11) is 0. The number of benzene rings is 2. The molecule has 0 saturated carbocycles. The van der Waals surface area contributed by atoms with Gasteiger partial charge in [-0.2, -0.15) is 0 Å². The molecule has 2 aromatic rings. The molecule has 1 atom stereocenters. The van der Waals surface area contributed by atoms with Crippen molar-refractivity contribution >= 4 is 11.6 Å². The summed E-state index contributed by atoms with van der Waals surface area (Å²) < 4.78 is 0. The minimum absolute atomic E-state index is 0.509. The van der Waals surface area contributed by atoms with Gasteiger partial charge in [0.25, 0.3) is 0 Å². The van der Waals surface area contributed by atoms with E-state index in [2.05, 4.69) is 32.0 Å². The molecule has 0 amide bonds. The van der Waals surface area contributed by atoms with Crippen LogP contribution in [0.2, 0.25) is 5.02 Å². The maximum absolute atomic E-state index is 10.2. The number of halogens is 1. The highest BCUT2D eigenvalue weighted by Gasteiger charge is 2.09. The van der Waals surface area contributed by atoms with E-state index in [0.29, 0.717) is 11.4 Å². The fraction of sp³-hybridized carbons (Fsp3) is 0.250. The van der Waals surface area contributed by atoms with Gasteiger partial charge in [-0.25, -0.2) is 0 Å². The lowest BCUT2D eigenvalue weighted by molar-refractivity contribution is 0.178. The van der Waals surface area contributed by atoms with E-state index in [1.807, 2.05) is 24.3 Å². The van der Waals surface area contributed by atoms with Gasteiger partial charge in [0.05, 0.1) is 6.10 Å². The fourth-order valence-electron chi connectivity index (χ4n) is 1.99. The van der Waals surface area contributed by atoms with Crippen LogP contribution in [0.1, 0.15) is 28.4 Å². The normalized spacial score (nSPS) is 12.4. The first-order chi connectivity index (χ1) is 8.56. The topological polar surface area (TPSA) is 20.2 Å². The first kappa shape index (κ1) is 13.1. The Morgan fingerprint density at radius 1 is 1.06 bits per heavy atom. The van der Waals surface area contributed by atoms with Gasteiger partial charge in [-0.05, 0) is 48.2 Å². The summed E-state index contributed by atoms with van der Waals surface area (Å²) in [5.74, 6) is 0. The summed E-state index contributed by atoms with van der Waals surface area (Å²) in [6.07, 6.45) is 0.104. The zero-order chi connectivity index (χ0) is 13.1. The smallest absolute Gasteiger partial charge is 0.0830 e. The van der Waals surface area contributed by atoms with Crippen LogP contribution >= 0.6 is 11.6 Å². The van der Waals surface area contributed by atoms with E-state index >= 15 is 0 Å². The summed E-state index contributed by atoms with van der Waals surface area (Å²) in [5, 5.41) is 10.9. The molecule has 0 aromatic heterocycles. The van der Waals surface area contributed by atoms with Crippen LogP contribution in [0.4, 0.5) is 0 Å². The highest BCUT2D eigenvalue weighted by Crippen LogP contribution is 2.22. The van der Waals surface area contributed by atoms with Gasteiger partial charge in [0.15, 0.2) is 0 Å². The molecular formula is C16H17ClO. The van der Waals surface area contributed by atoms with Crippen molar-refractivity contribution in [2.75, 3.05) is 0 Å². The Balaban J connectivity index is 2.16. The van der Waals surface area contributed by atoms with Crippen LogP contribution in [0.15, 0.2) is 42.5 Å². The second kappa shape index (κ2) is 5.55. The molecule has 2 heteroatoms. The van der Waals surface area contributed by atoms with E-state index in [1.165, 1.54) is 11.1 Å². The van der Waals surface area contributed by atoms with Crippen LogP contribution < -0.4 is 0 Å². The fourth-order valence-corrected chi connectivity index (χ4v) is 2.18. The number of aryl methyl sites for hydroxylation is 2. The molecule has 0 spiro atoms. The molecule has 1 unspecified atom stereocenters. The lowest BCUT2D eigenvalue weighted by Gasteiger charge is -2.12. The summed E-state index contributed by atoms with van der Waals surface area (Å²) in [4.78, 5) is 0. The van der Waals surface area contributed by atoms with E-state index in [9.17, 15) is 5.11 Å². The summed E-state index contributed by atoms with van der Waals surface area (Å²) in [6, 6.07) is 13.7. The maximum atomic E-state index is 10.2. The molecule has 1 N–H and O–H groups in total. The Bertz CT molecular complexity index is 549. The van der Waals surface area contributed by atoms with Crippen molar-refractivity contribution in [3.63, 3.8) is 0 Å². The van der Waals surface area contributed by atoms with Crippen LogP contribution in [0.25, 0.3) is 0 Å². The monoisotopic (exact) mass is 260 g/mol. The van der Waals surface area contributed by atoms with Gasteiger partial charge >= 0.3 is 0 Å². The molecule has 2 rings (SSSR count). The van der Waals surface area contributed by atoms with Gasteiger partial charge < -0.3 is 5.11 Å². The Morgan fingerprint density at radius 3 is 2.50 bits per heavy atom. The molecule has 2 aromatic carbocycles. The number of aliphatic hydroxyl groups excluding tert-OH is 1. The highest BCUT2D eigenvalue weighted by atomic mass is 35.5.